The van der Waals surface area contributed by atoms with Gasteiger partial charge in [0.05, 0.1) is 17.3 Å². The summed E-state index contributed by atoms with van der Waals surface area (Å²) < 4.78 is 5.08. The molecule has 0 saturated carbocycles. The second kappa shape index (κ2) is 3.22. The molecule has 0 fully saturated rings. The fourth-order valence-electron chi connectivity index (χ4n) is 1.54. The monoisotopic (exact) mass is 197 g/mol. The van der Waals surface area contributed by atoms with Gasteiger partial charge in [0.2, 0.25) is 0 Å². The molecule has 1 aliphatic rings. The van der Waals surface area contributed by atoms with E-state index < -0.39 is 7.12 Å². The van der Waals surface area contributed by atoms with E-state index in [1.54, 1.807) is 19.2 Å². The molecular weight excluding hydrogens is 188 g/mol. The zero-order chi connectivity index (χ0) is 9.42. The van der Waals surface area contributed by atoms with Gasteiger partial charge < -0.3 is 15.0 Å². The molecule has 13 heavy (non-hydrogen) atoms. The molecule has 5 heteroatoms. The number of hydrogen-bond donors (Lipinski definition) is 2. The number of anilines is 1. The topological polar surface area (TPSA) is 41.5 Å². The molecule has 0 amide bonds. The van der Waals surface area contributed by atoms with Crippen LogP contribution >= 0.6 is 11.6 Å². The van der Waals surface area contributed by atoms with Crippen molar-refractivity contribution in [3.05, 3.63) is 22.7 Å². The standard InChI is InChI=1S/C8H9BClNO2/c1-11-8-5-4-13-9(12)6(5)2-3-7(8)10/h2-3,11-12H,4H2,1H3. The van der Waals surface area contributed by atoms with Crippen LogP contribution in [0.4, 0.5) is 5.69 Å². The lowest BCUT2D eigenvalue weighted by Gasteiger charge is -2.08. The summed E-state index contributed by atoms with van der Waals surface area (Å²) in [5.74, 6) is 0. The summed E-state index contributed by atoms with van der Waals surface area (Å²) in [6.07, 6.45) is 0. The van der Waals surface area contributed by atoms with Gasteiger partial charge in [0.15, 0.2) is 0 Å². The molecule has 0 aliphatic carbocycles. The number of nitrogens with one attached hydrogen (secondary N) is 1. The normalized spacial score (nSPS) is 14.5. The zero-order valence-corrected chi connectivity index (χ0v) is 7.93. The average Bonchev–Trinajstić information content (AvgIpc) is 2.48. The zero-order valence-electron chi connectivity index (χ0n) is 7.17. The Morgan fingerprint density at radius 1 is 1.62 bits per heavy atom. The Morgan fingerprint density at radius 3 is 3.08 bits per heavy atom. The summed E-state index contributed by atoms with van der Waals surface area (Å²) in [6, 6.07) is 3.54. The van der Waals surface area contributed by atoms with Crippen LogP contribution in [0.1, 0.15) is 5.56 Å². The fraction of sp³-hybridized carbons (Fsp3) is 0.250. The van der Waals surface area contributed by atoms with Crippen molar-refractivity contribution in [1.82, 2.24) is 0 Å². The molecule has 1 heterocycles. The van der Waals surface area contributed by atoms with Gasteiger partial charge in [0.1, 0.15) is 0 Å². The molecule has 1 aromatic rings. The highest BCUT2D eigenvalue weighted by Crippen LogP contribution is 2.27. The van der Waals surface area contributed by atoms with Gasteiger partial charge in [0, 0.05) is 12.6 Å². The first kappa shape index (κ1) is 8.87. The van der Waals surface area contributed by atoms with E-state index in [0.29, 0.717) is 11.6 Å². The van der Waals surface area contributed by atoms with E-state index >= 15 is 0 Å². The Hall–Kier alpha value is -0.705. The van der Waals surface area contributed by atoms with Crippen molar-refractivity contribution in [2.24, 2.45) is 0 Å². The van der Waals surface area contributed by atoms with Crippen LogP contribution in [-0.2, 0) is 11.3 Å². The lowest BCUT2D eigenvalue weighted by atomic mass is 9.79. The summed E-state index contributed by atoms with van der Waals surface area (Å²) in [7, 11) is 0.992. The summed E-state index contributed by atoms with van der Waals surface area (Å²) in [5, 5.41) is 13.0. The third-order valence-corrected chi connectivity index (χ3v) is 2.51. The minimum Gasteiger partial charge on any atom is -0.423 e. The van der Waals surface area contributed by atoms with Crippen molar-refractivity contribution >= 4 is 29.9 Å². The average molecular weight is 197 g/mol. The van der Waals surface area contributed by atoms with Gasteiger partial charge in [-0.3, -0.25) is 0 Å². The maximum absolute atomic E-state index is 9.40. The summed E-state index contributed by atoms with van der Waals surface area (Å²) in [5.41, 5.74) is 2.59. The van der Waals surface area contributed by atoms with Gasteiger partial charge in [0.25, 0.3) is 0 Å². The maximum Gasteiger partial charge on any atom is 0.491 e. The van der Waals surface area contributed by atoms with Crippen LogP contribution < -0.4 is 10.8 Å². The predicted octanol–water partition coefficient (Wildman–Crippen LogP) is 0.599. The van der Waals surface area contributed by atoms with Crippen LogP contribution in [0.3, 0.4) is 0 Å². The molecule has 0 bridgehead atoms. The molecule has 2 rings (SSSR count). The third kappa shape index (κ3) is 1.31. The first-order chi connectivity index (χ1) is 6.24. The Balaban J connectivity index is 2.57. The van der Waals surface area contributed by atoms with Crippen LogP contribution in [-0.4, -0.2) is 19.2 Å². The van der Waals surface area contributed by atoms with Gasteiger partial charge in [-0.25, -0.2) is 0 Å². The van der Waals surface area contributed by atoms with E-state index in [1.165, 1.54) is 0 Å². The van der Waals surface area contributed by atoms with E-state index in [4.69, 9.17) is 16.3 Å². The van der Waals surface area contributed by atoms with Crippen molar-refractivity contribution in [3.8, 4) is 0 Å². The molecule has 1 aromatic carbocycles. The number of benzene rings is 1. The minimum atomic E-state index is -0.806. The van der Waals surface area contributed by atoms with Gasteiger partial charge >= 0.3 is 7.12 Å². The molecular formula is C8H9BClNO2. The van der Waals surface area contributed by atoms with Crippen molar-refractivity contribution in [2.75, 3.05) is 12.4 Å². The molecule has 2 N–H and O–H groups in total. The SMILES string of the molecule is CNc1c(Cl)ccc2c1COB2O. The van der Waals surface area contributed by atoms with Gasteiger partial charge in [-0.1, -0.05) is 17.7 Å². The molecule has 0 spiro atoms. The van der Waals surface area contributed by atoms with Crippen LogP contribution in [0.25, 0.3) is 0 Å². The van der Waals surface area contributed by atoms with E-state index in [0.717, 1.165) is 16.7 Å². The van der Waals surface area contributed by atoms with Crippen LogP contribution in [0.15, 0.2) is 12.1 Å². The van der Waals surface area contributed by atoms with Gasteiger partial charge in [-0.2, -0.15) is 0 Å². The minimum absolute atomic E-state index is 0.410. The Kier molecular flexibility index (Phi) is 2.19. The van der Waals surface area contributed by atoms with E-state index in [2.05, 4.69) is 5.32 Å². The number of hydrogen-bond acceptors (Lipinski definition) is 3. The number of rotatable bonds is 1. The van der Waals surface area contributed by atoms with Crippen LogP contribution in [0.2, 0.25) is 5.02 Å². The summed E-state index contributed by atoms with van der Waals surface area (Å²) in [4.78, 5) is 0. The largest absolute Gasteiger partial charge is 0.491 e. The lowest BCUT2D eigenvalue weighted by Crippen LogP contribution is -2.28. The van der Waals surface area contributed by atoms with Crippen LogP contribution in [0.5, 0.6) is 0 Å². The first-order valence-corrected chi connectivity index (χ1v) is 4.40. The van der Waals surface area contributed by atoms with E-state index in [9.17, 15) is 5.02 Å². The molecule has 0 aromatic heterocycles. The quantitative estimate of drug-likeness (QED) is 0.648. The van der Waals surface area contributed by atoms with Crippen molar-refractivity contribution in [1.29, 1.82) is 0 Å². The second-order valence-electron chi connectivity index (χ2n) is 2.90. The Morgan fingerprint density at radius 2 is 2.38 bits per heavy atom. The predicted molar refractivity (Wildman–Crippen MR) is 53.4 cm³/mol. The molecule has 0 unspecified atom stereocenters. The summed E-state index contributed by atoms with van der Waals surface area (Å²) in [6.45, 7) is 0.410. The molecule has 3 nitrogen and oxygen atoms in total. The highest BCUT2D eigenvalue weighted by atomic mass is 35.5. The number of fused-ring (bicyclic) bond motifs is 1. The Bertz CT molecular complexity index is 345. The second-order valence-corrected chi connectivity index (χ2v) is 3.31. The number of halogens is 1. The summed E-state index contributed by atoms with van der Waals surface area (Å²) >= 11 is 5.96. The van der Waals surface area contributed by atoms with E-state index in [-0.39, 0.29) is 0 Å². The van der Waals surface area contributed by atoms with Crippen LogP contribution in [0, 0.1) is 0 Å². The van der Waals surface area contributed by atoms with E-state index in [1.807, 2.05) is 0 Å². The van der Waals surface area contributed by atoms with Gasteiger partial charge in [-0.15, -0.1) is 0 Å². The van der Waals surface area contributed by atoms with Gasteiger partial charge in [-0.05, 0) is 11.5 Å². The molecule has 0 saturated heterocycles. The first-order valence-electron chi connectivity index (χ1n) is 4.02. The molecule has 68 valence electrons. The fourth-order valence-corrected chi connectivity index (χ4v) is 1.82. The molecule has 1 aliphatic heterocycles. The highest BCUT2D eigenvalue weighted by Gasteiger charge is 2.29. The van der Waals surface area contributed by atoms with Crippen molar-refractivity contribution in [3.63, 3.8) is 0 Å². The third-order valence-electron chi connectivity index (χ3n) is 2.20. The van der Waals surface area contributed by atoms with Crippen molar-refractivity contribution < 1.29 is 9.68 Å². The van der Waals surface area contributed by atoms with Crippen molar-refractivity contribution in [2.45, 2.75) is 6.61 Å². The molecule has 0 atom stereocenters. The molecule has 0 radical (unpaired) electrons. The maximum atomic E-state index is 9.40. The lowest BCUT2D eigenvalue weighted by molar-refractivity contribution is 0.276. The Labute approximate surface area is 81.8 Å². The highest BCUT2D eigenvalue weighted by molar-refractivity contribution is 6.62. The smallest absolute Gasteiger partial charge is 0.423 e.